The van der Waals surface area contributed by atoms with Gasteiger partial charge in [-0.25, -0.2) is 9.97 Å². The van der Waals surface area contributed by atoms with Crippen molar-refractivity contribution in [1.82, 2.24) is 9.97 Å². The molecule has 1 aliphatic rings. The molecular weight excluding hydrogens is 354 g/mol. The van der Waals surface area contributed by atoms with Crippen LogP contribution in [-0.4, -0.2) is 43.4 Å². The van der Waals surface area contributed by atoms with Gasteiger partial charge in [0.2, 0.25) is 0 Å². The van der Waals surface area contributed by atoms with Crippen LogP contribution in [0.1, 0.15) is 24.2 Å². The molecule has 6 nitrogen and oxygen atoms in total. The zero-order valence-electron chi connectivity index (χ0n) is 15.4. The topological polar surface area (TPSA) is 56.7 Å². The number of ether oxygens (including phenoxy) is 3. The Morgan fingerprint density at radius 3 is 2.35 bits per heavy atom. The summed E-state index contributed by atoms with van der Waals surface area (Å²) in [4.78, 5) is 11.1. The molecule has 1 aromatic heterocycles. The second-order valence-corrected chi connectivity index (χ2v) is 6.65. The molecule has 0 aliphatic carbocycles. The summed E-state index contributed by atoms with van der Waals surface area (Å²) in [6.45, 7) is 4.03. The molecule has 2 heterocycles. The van der Waals surface area contributed by atoms with Crippen LogP contribution in [0.15, 0.2) is 24.3 Å². The first-order valence-corrected chi connectivity index (χ1v) is 9.06. The Balaban J connectivity index is 1.62. The third kappa shape index (κ3) is 4.37. The van der Waals surface area contributed by atoms with Crippen molar-refractivity contribution in [1.29, 1.82) is 0 Å². The minimum atomic E-state index is 0.190. The van der Waals surface area contributed by atoms with E-state index in [1.165, 1.54) is 0 Å². The fourth-order valence-electron chi connectivity index (χ4n) is 3.05. The smallest absolute Gasteiger partial charge is 0.158 e. The fourth-order valence-corrected chi connectivity index (χ4v) is 3.24. The van der Waals surface area contributed by atoms with Gasteiger partial charge in [-0.15, -0.1) is 0 Å². The van der Waals surface area contributed by atoms with Crippen LogP contribution < -0.4 is 14.4 Å². The molecule has 1 fully saturated rings. The molecule has 140 valence electrons. The lowest BCUT2D eigenvalue weighted by molar-refractivity contribution is 0.170. The van der Waals surface area contributed by atoms with Crippen molar-refractivity contribution in [3.8, 4) is 11.5 Å². The van der Waals surface area contributed by atoms with Crippen LogP contribution in [0.4, 0.5) is 5.82 Å². The molecule has 7 heteroatoms. The number of hydrogen-bond donors (Lipinski definition) is 0. The Morgan fingerprint density at radius 1 is 1.08 bits per heavy atom. The number of nitrogens with zero attached hydrogens (tertiary/aromatic N) is 3. The van der Waals surface area contributed by atoms with Gasteiger partial charge in [0.15, 0.2) is 5.82 Å². The Morgan fingerprint density at radius 2 is 1.73 bits per heavy atom. The summed E-state index contributed by atoms with van der Waals surface area (Å²) in [5.41, 5.74) is 0.904. The van der Waals surface area contributed by atoms with Gasteiger partial charge in [0.05, 0.1) is 7.11 Å². The number of hydrogen-bond acceptors (Lipinski definition) is 6. The summed E-state index contributed by atoms with van der Waals surface area (Å²) in [6, 6.07) is 7.70. The second kappa shape index (κ2) is 8.56. The lowest BCUT2D eigenvalue weighted by atomic mass is 10.1. The molecule has 26 heavy (non-hydrogen) atoms. The van der Waals surface area contributed by atoms with Gasteiger partial charge in [-0.2, -0.15) is 0 Å². The van der Waals surface area contributed by atoms with Gasteiger partial charge in [-0.05, 0) is 31.2 Å². The maximum atomic E-state index is 6.27. The number of rotatable bonds is 6. The normalized spacial score (nSPS) is 15.2. The monoisotopic (exact) mass is 377 g/mol. The highest BCUT2D eigenvalue weighted by atomic mass is 35.5. The Bertz CT molecular complexity index is 732. The molecular formula is C19H24ClN3O3. The van der Waals surface area contributed by atoms with E-state index in [4.69, 9.17) is 25.8 Å². The van der Waals surface area contributed by atoms with E-state index >= 15 is 0 Å². The third-order valence-electron chi connectivity index (χ3n) is 4.48. The second-order valence-electron chi connectivity index (χ2n) is 6.29. The van der Waals surface area contributed by atoms with Crippen LogP contribution >= 0.6 is 11.6 Å². The molecule has 0 N–H and O–H groups in total. The van der Waals surface area contributed by atoms with E-state index in [0.29, 0.717) is 17.6 Å². The molecule has 0 bridgehead atoms. The molecule has 0 amide bonds. The summed E-state index contributed by atoms with van der Waals surface area (Å²) >= 11 is 6.27. The lowest BCUT2D eigenvalue weighted by Crippen LogP contribution is -2.39. The van der Waals surface area contributed by atoms with Crippen LogP contribution in [0.25, 0.3) is 0 Å². The molecule has 0 atom stereocenters. The Kier molecular flexibility index (Phi) is 6.16. The average molecular weight is 378 g/mol. The van der Waals surface area contributed by atoms with E-state index in [0.717, 1.165) is 48.8 Å². The van der Waals surface area contributed by atoms with Crippen molar-refractivity contribution in [2.75, 3.05) is 32.2 Å². The molecule has 2 aromatic rings. The first kappa shape index (κ1) is 18.7. The maximum absolute atomic E-state index is 6.27. The van der Waals surface area contributed by atoms with Crippen molar-refractivity contribution < 1.29 is 14.2 Å². The van der Waals surface area contributed by atoms with Gasteiger partial charge < -0.3 is 19.1 Å². The van der Waals surface area contributed by atoms with Gasteiger partial charge in [0.1, 0.15) is 35.2 Å². The summed E-state index contributed by atoms with van der Waals surface area (Å²) in [5.74, 6) is 3.19. The van der Waals surface area contributed by atoms with Crippen LogP contribution in [0, 0.1) is 6.92 Å². The maximum Gasteiger partial charge on any atom is 0.158 e. The van der Waals surface area contributed by atoms with Gasteiger partial charge in [0, 0.05) is 38.6 Å². The molecule has 1 aliphatic heterocycles. The van der Waals surface area contributed by atoms with E-state index in [1.807, 2.05) is 31.2 Å². The van der Waals surface area contributed by atoms with Crippen LogP contribution in [0.3, 0.4) is 0 Å². The fraction of sp³-hybridized carbons (Fsp3) is 0.474. The summed E-state index contributed by atoms with van der Waals surface area (Å²) in [5, 5.41) is 0.485. The Labute approximate surface area is 159 Å². The van der Waals surface area contributed by atoms with Gasteiger partial charge in [-0.1, -0.05) is 11.6 Å². The van der Waals surface area contributed by atoms with Crippen molar-refractivity contribution in [2.45, 2.75) is 32.5 Å². The van der Waals surface area contributed by atoms with Crippen LogP contribution in [0.2, 0.25) is 5.15 Å². The van der Waals surface area contributed by atoms with Crippen LogP contribution in [0.5, 0.6) is 11.5 Å². The number of methoxy groups -OCH3 is 2. The van der Waals surface area contributed by atoms with Gasteiger partial charge in [0.25, 0.3) is 0 Å². The number of halogens is 1. The standard InChI is InChI=1S/C19H24ClN3O3/c1-13-18(20)21-17(12-24-2)22-19(13)23-10-8-16(9-11-23)26-15-6-4-14(25-3)5-7-15/h4-7,16H,8-12H2,1-3H3. The van der Waals surface area contributed by atoms with Gasteiger partial charge in [-0.3, -0.25) is 0 Å². The number of aromatic nitrogens is 2. The summed E-state index contributed by atoms with van der Waals surface area (Å²) < 4.78 is 16.4. The highest BCUT2D eigenvalue weighted by Gasteiger charge is 2.24. The van der Waals surface area contributed by atoms with Crippen LogP contribution in [-0.2, 0) is 11.3 Å². The van der Waals surface area contributed by atoms with E-state index < -0.39 is 0 Å². The molecule has 0 saturated carbocycles. The largest absolute Gasteiger partial charge is 0.497 e. The van der Waals surface area contributed by atoms with E-state index in [1.54, 1.807) is 14.2 Å². The first-order chi connectivity index (χ1) is 12.6. The zero-order valence-corrected chi connectivity index (χ0v) is 16.1. The minimum absolute atomic E-state index is 0.190. The Hall–Kier alpha value is -2.05. The SMILES string of the molecule is COCc1nc(Cl)c(C)c(N2CCC(Oc3ccc(OC)cc3)CC2)n1. The van der Waals surface area contributed by atoms with E-state index in [2.05, 4.69) is 14.9 Å². The summed E-state index contributed by atoms with van der Waals surface area (Å²) in [7, 11) is 3.28. The first-order valence-electron chi connectivity index (χ1n) is 8.68. The molecule has 0 radical (unpaired) electrons. The quantitative estimate of drug-likeness (QED) is 0.716. The predicted octanol–water partition coefficient (Wildman–Crippen LogP) is 3.64. The van der Waals surface area contributed by atoms with Crippen molar-refractivity contribution in [3.63, 3.8) is 0 Å². The third-order valence-corrected chi connectivity index (χ3v) is 4.85. The predicted molar refractivity (Wildman–Crippen MR) is 101 cm³/mol. The summed E-state index contributed by atoms with van der Waals surface area (Å²) in [6.07, 6.45) is 2.04. The average Bonchev–Trinajstić information content (AvgIpc) is 2.66. The lowest BCUT2D eigenvalue weighted by Gasteiger charge is -2.34. The molecule has 0 spiro atoms. The highest BCUT2D eigenvalue weighted by molar-refractivity contribution is 6.30. The molecule has 1 aromatic carbocycles. The zero-order chi connectivity index (χ0) is 18.5. The highest BCUT2D eigenvalue weighted by Crippen LogP contribution is 2.28. The van der Waals surface area contributed by atoms with Crippen molar-refractivity contribution in [3.05, 3.63) is 40.8 Å². The van der Waals surface area contributed by atoms with Gasteiger partial charge >= 0.3 is 0 Å². The molecule has 1 saturated heterocycles. The van der Waals surface area contributed by atoms with Crippen molar-refractivity contribution >= 4 is 17.4 Å². The van der Waals surface area contributed by atoms with E-state index in [9.17, 15) is 0 Å². The van der Waals surface area contributed by atoms with E-state index in [-0.39, 0.29) is 6.10 Å². The molecule has 0 unspecified atom stereocenters. The molecule has 3 rings (SSSR count). The number of benzene rings is 1. The van der Waals surface area contributed by atoms with Crippen molar-refractivity contribution in [2.24, 2.45) is 0 Å². The number of piperidine rings is 1. The minimum Gasteiger partial charge on any atom is -0.497 e. The number of anilines is 1.